The molecule has 1 aromatic carbocycles. The van der Waals surface area contributed by atoms with Gasteiger partial charge in [-0.15, -0.1) is 0 Å². The number of hydrogen-bond acceptors (Lipinski definition) is 2. The van der Waals surface area contributed by atoms with Gasteiger partial charge in [0, 0.05) is 13.1 Å². The fourth-order valence-electron chi connectivity index (χ4n) is 3.63. The van der Waals surface area contributed by atoms with E-state index in [0.29, 0.717) is 32.5 Å². The monoisotopic (exact) mass is 353 g/mol. The van der Waals surface area contributed by atoms with Crippen LogP contribution in [0.15, 0.2) is 35.9 Å². The number of hydrogen-bond donors (Lipinski definition) is 0. The highest BCUT2D eigenvalue weighted by molar-refractivity contribution is 5.79. The van der Waals surface area contributed by atoms with Gasteiger partial charge in [-0.25, -0.2) is 0 Å². The van der Waals surface area contributed by atoms with Crippen molar-refractivity contribution >= 4 is 5.91 Å². The molecule has 0 aromatic heterocycles. The summed E-state index contributed by atoms with van der Waals surface area (Å²) < 4.78 is 45.1. The minimum Gasteiger partial charge on any atom is -0.370 e. The first-order valence-corrected chi connectivity index (χ1v) is 8.54. The van der Waals surface area contributed by atoms with Crippen LogP contribution in [0.25, 0.3) is 0 Å². The predicted molar refractivity (Wildman–Crippen MR) is 88.0 cm³/mol. The van der Waals surface area contributed by atoms with Gasteiger partial charge in [-0.2, -0.15) is 13.2 Å². The Balaban J connectivity index is 1.66. The molecule has 0 aliphatic carbocycles. The van der Waals surface area contributed by atoms with E-state index < -0.39 is 11.7 Å². The first kappa shape index (κ1) is 18.0. The molecule has 3 rings (SSSR count). The van der Waals surface area contributed by atoms with Crippen LogP contribution in [-0.2, 0) is 22.1 Å². The molecule has 0 radical (unpaired) electrons. The number of benzene rings is 1. The van der Waals surface area contributed by atoms with E-state index in [-0.39, 0.29) is 23.5 Å². The van der Waals surface area contributed by atoms with E-state index in [0.717, 1.165) is 12.5 Å². The number of carbonyl (C=O) groups is 1. The summed E-state index contributed by atoms with van der Waals surface area (Å²) >= 11 is 0. The predicted octanol–water partition coefficient (Wildman–Crippen LogP) is 3.98. The molecule has 3 nitrogen and oxygen atoms in total. The maximum absolute atomic E-state index is 13.1. The Hall–Kier alpha value is -1.82. The number of nitrogens with zero attached hydrogens (tertiary/aromatic N) is 1. The van der Waals surface area contributed by atoms with Gasteiger partial charge in [0.15, 0.2) is 0 Å². The summed E-state index contributed by atoms with van der Waals surface area (Å²) in [4.78, 5) is 14.1. The second-order valence-electron chi connectivity index (χ2n) is 6.87. The summed E-state index contributed by atoms with van der Waals surface area (Å²) in [5, 5.41) is 0. The molecule has 1 spiro atoms. The Bertz CT molecular complexity index is 673. The van der Waals surface area contributed by atoms with Crippen molar-refractivity contribution in [2.45, 2.75) is 44.4 Å². The number of likely N-dealkylation sites (tertiary alicyclic amines) is 1. The van der Waals surface area contributed by atoms with Crippen LogP contribution in [0.5, 0.6) is 0 Å². The van der Waals surface area contributed by atoms with Crippen LogP contribution in [0.1, 0.15) is 37.3 Å². The van der Waals surface area contributed by atoms with E-state index in [1.165, 1.54) is 23.8 Å². The highest BCUT2D eigenvalue weighted by atomic mass is 19.4. The van der Waals surface area contributed by atoms with E-state index in [1.807, 2.05) is 0 Å². The van der Waals surface area contributed by atoms with Crippen molar-refractivity contribution < 1.29 is 22.7 Å². The van der Waals surface area contributed by atoms with Crippen LogP contribution in [0.4, 0.5) is 13.2 Å². The van der Waals surface area contributed by atoms with Crippen molar-refractivity contribution in [3.8, 4) is 0 Å². The third-order valence-corrected chi connectivity index (χ3v) is 5.02. The quantitative estimate of drug-likeness (QED) is 0.753. The molecule has 0 unspecified atom stereocenters. The van der Waals surface area contributed by atoms with Crippen LogP contribution in [0.3, 0.4) is 0 Å². The summed E-state index contributed by atoms with van der Waals surface area (Å²) in [7, 11) is 0. The number of halogens is 3. The maximum Gasteiger partial charge on any atom is 0.416 e. The SMILES string of the molecule is CC1=CC2(CCN(C(=O)Cc3ccccc3C(F)(F)F)CC2)OCC1. The van der Waals surface area contributed by atoms with Crippen molar-refractivity contribution in [2.75, 3.05) is 19.7 Å². The first-order chi connectivity index (χ1) is 11.8. The second-order valence-corrected chi connectivity index (χ2v) is 6.87. The number of alkyl halides is 3. The van der Waals surface area contributed by atoms with Gasteiger partial charge in [-0.1, -0.05) is 29.8 Å². The lowest BCUT2D eigenvalue weighted by atomic mass is 9.87. The summed E-state index contributed by atoms with van der Waals surface area (Å²) in [5.74, 6) is -0.261. The minimum absolute atomic E-state index is 0.0324. The van der Waals surface area contributed by atoms with Gasteiger partial charge < -0.3 is 9.64 Å². The van der Waals surface area contributed by atoms with E-state index in [1.54, 1.807) is 4.90 Å². The standard InChI is InChI=1S/C19H22F3NO2/c1-14-6-11-25-18(13-14)7-9-23(10-8-18)17(24)12-15-4-2-3-5-16(15)19(20,21)22/h2-5,13H,6-12H2,1H3. The van der Waals surface area contributed by atoms with Crippen LogP contribution in [-0.4, -0.2) is 36.1 Å². The molecule has 25 heavy (non-hydrogen) atoms. The van der Waals surface area contributed by atoms with E-state index in [9.17, 15) is 18.0 Å². The molecular formula is C19H22F3NO2. The van der Waals surface area contributed by atoms with Crippen molar-refractivity contribution in [1.29, 1.82) is 0 Å². The van der Waals surface area contributed by atoms with Crippen molar-refractivity contribution in [2.24, 2.45) is 0 Å². The normalized spacial score (nSPS) is 20.5. The minimum atomic E-state index is -4.44. The molecule has 1 aromatic rings. The zero-order chi connectivity index (χ0) is 18.1. The Morgan fingerprint density at radius 3 is 2.56 bits per heavy atom. The second kappa shape index (κ2) is 6.83. The Labute approximate surface area is 145 Å². The summed E-state index contributed by atoms with van der Waals surface area (Å²) in [5.41, 5.74) is 0.296. The lowest BCUT2D eigenvalue weighted by molar-refractivity contribution is -0.139. The molecule has 1 saturated heterocycles. The van der Waals surface area contributed by atoms with Crippen LogP contribution in [0.2, 0.25) is 0 Å². The van der Waals surface area contributed by atoms with Crippen LogP contribution < -0.4 is 0 Å². The fraction of sp³-hybridized carbons (Fsp3) is 0.526. The molecule has 1 amide bonds. The number of carbonyl (C=O) groups excluding carboxylic acids is 1. The zero-order valence-electron chi connectivity index (χ0n) is 14.2. The fourth-order valence-corrected chi connectivity index (χ4v) is 3.63. The molecule has 1 fully saturated rings. The highest BCUT2D eigenvalue weighted by Crippen LogP contribution is 2.34. The maximum atomic E-state index is 13.1. The van der Waals surface area contributed by atoms with Gasteiger partial charge in [0.25, 0.3) is 0 Å². The van der Waals surface area contributed by atoms with Gasteiger partial charge in [-0.05, 0) is 37.8 Å². The van der Waals surface area contributed by atoms with E-state index in [4.69, 9.17) is 4.74 Å². The molecule has 136 valence electrons. The molecule has 0 atom stereocenters. The molecule has 2 aliphatic heterocycles. The average molecular weight is 353 g/mol. The molecule has 0 N–H and O–H groups in total. The largest absolute Gasteiger partial charge is 0.416 e. The van der Waals surface area contributed by atoms with Gasteiger partial charge in [0.2, 0.25) is 5.91 Å². The highest BCUT2D eigenvalue weighted by Gasteiger charge is 2.37. The summed E-state index contributed by atoms with van der Waals surface area (Å²) in [6, 6.07) is 5.28. The first-order valence-electron chi connectivity index (χ1n) is 8.54. The molecule has 2 aliphatic rings. The smallest absolute Gasteiger partial charge is 0.370 e. The molecular weight excluding hydrogens is 331 g/mol. The van der Waals surface area contributed by atoms with Crippen molar-refractivity contribution in [1.82, 2.24) is 4.90 Å². The number of piperidine rings is 1. The summed E-state index contributed by atoms with van der Waals surface area (Å²) in [6.45, 7) is 3.79. The topological polar surface area (TPSA) is 29.5 Å². The average Bonchev–Trinajstić information content (AvgIpc) is 2.55. The number of ether oxygens (including phenoxy) is 1. The lowest BCUT2D eigenvalue weighted by Crippen LogP contribution is -2.48. The Morgan fingerprint density at radius 1 is 1.24 bits per heavy atom. The van der Waals surface area contributed by atoms with Gasteiger partial charge in [-0.3, -0.25) is 4.79 Å². The molecule has 2 heterocycles. The number of rotatable bonds is 2. The third-order valence-electron chi connectivity index (χ3n) is 5.02. The lowest BCUT2D eigenvalue weighted by Gasteiger charge is -2.42. The van der Waals surface area contributed by atoms with Gasteiger partial charge in [0.05, 0.1) is 24.2 Å². The zero-order valence-corrected chi connectivity index (χ0v) is 14.2. The van der Waals surface area contributed by atoms with Gasteiger partial charge in [0.1, 0.15) is 0 Å². The Kier molecular flexibility index (Phi) is 4.91. The Morgan fingerprint density at radius 2 is 1.92 bits per heavy atom. The molecule has 6 heteroatoms. The number of amides is 1. The molecule has 0 saturated carbocycles. The summed E-state index contributed by atoms with van der Waals surface area (Å²) in [6.07, 6.45) is -0.205. The van der Waals surface area contributed by atoms with E-state index in [2.05, 4.69) is 13.0 Å². The van der Waals surface area contributed by atoms with Crippen molar-refractivity contribution in [3.05, 3.63) is 47.0 Å². The van der Waals surface area contributed by atoms with E-state index >= 15 is 0 Å². The van der Waals surface area contributed by atoms with Crippen LogP contribution in [0, 0.1) is 0 Å². The third kappa shape index (κ3) is 4.06. The molecule has 0 bridgehead atoms. The van der Waals surface area contributed by atoms with Crippen LogP contribution >= 0.6 is 0 Å². The van der Waals surface area contributed by atoms with Crippen molar-refractivity contribution in [3.63, 3.8) is 0 Å². The van der Waals surface area contributed by atoms with Gasteiger partial charge >= 0.3 is 6.18 Å².